The summed E-state index contributed by atoms with van der Waals surface area (Å²) < 4.78 is 29.7. The van der Waals surface area contributed by atoms with E-state index in [0.29, 0.717) is 6.54 Å². The van der Waals surface area contributed by atoms with E-state index in [2.05, 4.69) is 4.72 Å². The van der Waals surface area contributed by atoms with Gasteiger partial charge in [-0.25, -0.2) is 13.1 Å². The van der Waals surface area contributed by atoms with Crippen molar-refractivity contribution in [1.29, 1.82) is 0 Å². The molecule has 1 N–H and O–H groups in total. The van der Waals surface area contributed by atoms with Gasteiger partial charge in [-0.3, -0.25) is 0 Å². The second-order valence-corrected chi connectivity index (χ2v) is 6.53. The molecule has 0 amide bonds. The third kappa shape index (κ3) is 4.06. The monoisotopic (exact) mass is 209 g/mol. The van der Waals surface area contributed by atoms with Crippen LogP contribution in [0.5, 0.6) is 0 Å². The predicted octanol–water partition coefficient (Wildman–Crippen LogP) is 0.739. The van der Waals surface area contributed by atoms with E-state index in [1.54, 1.807) is 27.9 Å². The first-order valence-electron chi connectivity index (χ1n) is 4.22. The third-order valence-electron chi connectivity index (χ3n) is 1.77. The molecule has 0 aliphatic heterocycles. The Morgan fingerprint density at radius 1 is 1.38 bits per heavy atom. The summed E-state index contributed by atoms with van der Waals surface area (Å²) in [7, 11) is -1.68. The van der Waals surface area contributed by atoms with Gasteiger partial charge < -0.3 is 4.74 Å². The average molecular weight is 209 g/mol. The maximum Gasteiger partial charge on any atom is 0.216 e. The predicted molar refractivity (Wildman–Crippen MR) is 53.1 cm³/mol. The van der Waals surface area contributed by atoms with Gasteiger partial charge in [-0.15, -0.1) is 0 Å². The summed E-state index contributed by atoms with van der Waals surface area (Å²) >= 11 is 0. The van der Waals surface area contributed by atoms with Crippen molar-refractivity contribution in [3.8, 4) is 0 Å². The van der Waals surface area contributed by atoms with Crippen molar-refractivity contribution < 1.29 is 13.2 Å². The first kappa shape index (κ1) is 12.9. The highest BCUT2D eigenvalue weighted by molar-refractivity contribution is 7.90. The Bertz CT molecular complexity index is 241. The van der Waals surface area contributed by atoms with Crippen LogP contribution in [0.3, 0.4) is 0 Å². The van der Waals surface area contributed by atoms with Crippen molar-refractivity contribution in [1.82, 2.24) is 4.72 Å². The van der Waals surface area contributed by atoms with Crippen molar-refractivity contribution in [3.63, 3.8) is 0 Å². The van der Waals surface area contributed by atoms with Crippen LogP contribution in [0.1, 0.15) is 27.7 Å². The molecular weight excluding hydrogens is 190 g/mol. The minimum absolute atomic E-state index is 0.0999. The molecule has 0 heterocycles. The standard InChI is InChI=1S/C8H19NO3S/c1-7(12-5)6-9-13(10,11)8(2,3)4/h7,9H,6H2,1-5H3. The lowest BCUT2D eigenvalue weighted by Crippen LogP contribution is -2.42. The summed E-state index contributed by atoms with van der Waals surface area (Å²) in [6.07, 6.45) is -0.0999. The summed E-state index contributed by atoms with van der Waals surface area (Å²) in [4.78, 5) is 0. The Morgan fingerprint density at radius 2 is 1.85 bits per heavy atom. The minimum Gasteiger partial charge on any atom is -0.380 e. The Labute approximate surface area is 80.7 Å². The highest BCUT2D eigenvalue weighted by Gasteiger charge is 2.28. The van der Waals surface area contributed by atoms with Gasteiger partial charge in [0, 0.05) is 13.7 Å². The van der Waals surface area contributed by atoms with E-state index in [-0.39, 0.29) is 6.10 Å². The fraction of sp³-hybridized carbons (Fsp3) is 1.00. The van der Waals surface area contributed by atoms with Crippen LogP contribution < -0.4 is 4.72 Å². The molecule has 5 heteroatoms. The maximum absolute atomic E-state index is 11.5. The van der Waals surface area contributed by atoms with Gasteiger partial charge in [-0.2, -0.15) is 0 Å². The van der Waals surface area contributed by atoms with Crippen molar-refractivity contribution in [3.05, 3.63) is 0 Å². The molecule has 0 spiro atoms. The summed E-state index contributed by atoms with van der Waals surface area (Å²) in [6.45, 7) is 7.10. The summed E-state index contributed by atoms with van der Waals surface area (Å²) in [5.74, 6) is 0. The zero-order valence-electron chi connectivity index (χ0n) is 8.92. The number of rotatable bonds is 4. The van der Waals surface area contributed by atoms with Crippen LogP contribution in [0.15, 0.2) is 0 Å². The molecule has 0 aliphatic rings. The zero-order valence-corrected chi connectivity index (χ0v) is 9.73. The van der Waals surface area contributed by atoms with Crippen molar-refractivity contribution in [2.24, 2.45) is 0 Å². The molecule has 0 bridgehead atoms. The van der Waals surface area contributed by atoms with Crippen molar-refractivity contribution in [2.45, 2.75) is 38.5 Å². The fourth-order valence-corrected chi connectivity index (χ4v) is 1.41. The summed E-state index contributed by atoms with van der Waals surface area (Å²) in [6, 6.07) is 0. The SMILES string of the molecule is COC(C)CNS(=O)(=O)C(C)(C)C. The first-order chi connectivity index (χ1) is 5.70. The molecule has 0 aliphatic carbocycles. The zero-order chi connectivity index (χ0) is 10.7. The number of sulfonamides is 1. The summed E-state index contributed by atoms with van der Waals surface area (Å²) in [5.41, 5.74) is 0. The van der Waals surface area contributed by atoms with Crippen LogP contribution >= 0.6 is 0 Å². The van der Waals surface area contributed by atoms with Gasteiger partial charge >= 0.3 is 0 Å². The van der Waals surface area contributed by atoms with Crippen LogP contribution in [0.4, 0.5) is 0 Å². The second kappa shape index (κ2) is 4.39. The Kier molecular flexibility index (Phi) is 4.35. The lowest BCUT2D eigenvalue weighted by molar-refractivity contribution is 0.122. The molecule has 0 aromatic carbocycles. The van der Waals surface area contributed by atoms with Gasteiger partial charge in [0.25, 0.3) is 0 Å². The van der Waals surface area contributed by atoms with Gasteiger partial charge in [-0.1, -0.05) is 0 Å². The Balaban J connectivity index is 4.22. The van der Waals surface area contributed by atoms with Crippen LogP contribution in [-0.2, 0) is 14.8 Å². The molecule has 80 valence electrons. The van der Waals surface area contributed by atoms with E-state index in [1.807, 2.05) is 6.92 Å². The van der Waals surface area contributed by atoms with Crippen molar-refractivity contribution in [2.75, 3.05) is 13.7 Å². The fourth-order valence-electron chi connectivity index (χ4n) is 0.527. The van der Waals surface area contributed by atoms with Crippen LogP contribution in [-0.4, -0.2) is 32.9 Å². The number of hydrogen-bond donors (Lipinski definition) is 1. The van der Waals surface area contributed by atoms with Crippen LogP contribution in [0.25, 0.3) is 0 Å². The van der Waals surface area contributed by atoms with Gasteiger partial charge in [0.15, 0.2) is 0 Å². The highest BCUT2D eigenvalue weighted by Crippen LogP contribution is 2.12. The number of ether oxygens (including phenoxy) is 1. The first-order valence-corrected chi connectivity index (χ1v) is 5.71. The normalized spacial score (nSPS) is 15.8. The average Bonchev–Trinajstić information content (AvgIpc) is 1.98. The van der Waals surface area contributed by atoms with E-state index in [1.165, 1.54) is 0 Å². The molecule has 1 atom stereocenters. The van der Waals surface area contributed by atoms with Crippen LogP contribution in [0, 0.1) is 0 Å². The van der Waals surface area contributed by atoms with Gasteiger partial charge in [0.05, 0.1) is 10.9 Å². The smallest absolute Gasteiger partial charge is 0.216 e. The largest absolute Gasteiger partial charge is 0.380 e. The van der Waals surface area contributed by atoms with Crippen LogP contribution in [0.2, 0.25) is 0 Å². The number of hydrogen-bond acceptors (Lipinski definition) is 3. The molecule has 0 aromatic heterocycles. The molecule has 0 aromatic rings. The molecule has 0 saturated carbocycles. The molecule has 13 heavy (non-hydrogen) atoms. The molecule has 0 saturated heterocycles. The maximum atomic E-state index is 11.5. The molecule has 0 radical (unpaired) electrons. The second-order valence-electron chi connectivity index (χ2n) is 4.01. The molecule has 1 unspecified atom stereocenters. The number of methoxy groups -OCH3 is 1. The topological polar surface area (TPSA) is 55.4 Å². The highest BCUT2D eigenvalue weighted by atomic mass is 32.2. The lowest BCUT2D eigenvalue weighted by atomic mass is 10.3. The van der Waals surface area contributed by atoms with E-state index in [0.717, 1.165) is 0 Å². The molecule has 0 rings (SSSR count). The van der Waals surface area contributed by atoms with Gasteiger partial charge in [0.2, 0.25) is 10.0 Å². The summed E-state index contributed by atoms with van der Waals surface area (Å²) in [5, 5.41) is 0. The third-order valence-corrected chi connectivity index (χ3v) is 3.93. The van der Waals surface area contributed by atoms with Crippen molar-refractivity contribution >= 4 is 10.0 Å². The Hall–Kier alpha value is -0.130. The molecular formula is C8H19NO3S. The minimum atomic E-state index is -3.23. The molecule has 0 fully saturated rings. The van der Waals surface area contributed by atoms with Gasteiger partial charge in [-0.05, 0) is 27.7 Å². The van der Waals surface area contributed by atoms with Gasteiger partial charge in [0.1, 0.15) is 0 Å². The van der Waals surface area contributed by atoms with E-state index in [4.69, 9.17) is 4.74 Å². The quantitative estimate of drug-likeness (QED) is 0.743. The van der Waals surface area contributed by atoms with E-state index >= 15 is 0 Å². The van der Waals surface area contributed by atoms with E-state index in [9.17, 15) is 8.42 Å². The molecule has 4 nitrogen and oxygen atoms in total. The van der Waals surface area contributed by atoms with E-state index < -0.39 is 14.8 Å². The lowest BCUT2D eigenvalue weighted by Gasteiger charge is -2.21. The Morgan fingerprint density at radius 3 is 2.15 bits per heavy atom. The number of nitrogens with one attached hydrogen (secondary N) is 1.